The predicted molar refractivity (Wildman–Crippen MR) is 99.3 cm³/mol. The summed E-state index contributed by atoms with van der Waals surface area (Å²) in [5.41, 5.74) is 1.59. The van der Waals surface area contributed by atoms with E-state index in [0.717, 1.165) is 35.9 Å². The Balaban J connectivity index is 1.64. The van der Waals surface area contributed by atoms with E-state index in [1.165, 1.54) is 0 Å². The molecule has 0 spiro atoms. The molecule has 2 N–H and O–H groups in total. The van der Waals surface area contributed by atoms with E-state index < -0.39 is 11.8 Å². The smallest absolute Gasteiger partial charge is 0.313 e. The Kier molecular flexibility index (Phi) is 5.14. The van der Waals surface area contributed by atoms with Crippen LogP contribution >= 0.6 is 11.8 Å². The van der Waals surface area contributed by atoms with Crippen LogP contribution in [-0.4, -0.2) is 45.8 Å². The van der Waals surface area contributed by atoms with Gasteiger partial charge in [-0.15, -0.1) is 0 Å². The standard InChI is InChI=1S/C18H23N3O2S/c1-3-24-13-8-7-12(11-13)21(2)18(23)17(22)20-16-6-4-5-15-14(16)9-10-19-15/h4-6,9-10,12-13,19H,3,7-8,11H2,1-2H3,(H,20,22)/t12-,13+/m0/s1. The molecule has 1 aliphatic carbocycles. The molecule has 3 rings (SSSR count). The van der Waals surface area contributed by atoms with Crippen molar-refractivity contribution >= 4 is 40.2 Å². The molecule has 1 fully saturated rings. The van der Waals surface area contributed by atoms with E-state index in [9.17, 15) is 9.59 Å². The first-order valence-electron chi connectivity index (χ1n) is 8.36. The Morgan fingerprint density at radius 1 is 1.33 bits per heavy atom. The number of hydrogen-bond acceptors (Lipinski definition) is 3. The maximum absolute atomic E-state index is 12.5. The summed E-state index contributed by atoms with van der Waals surface area (Å²) in [6, 6.07) is 7.65. The third-order valence-electron chi connectivity index (χ3n) is 4.66. The van der Waals surface area contributed by atoms with Crippen LogP contribution < -0.4 is 5.32 Å². The van der Waals surface area contributed by atoms with Crippen molar-refractivity contribution in [2.24, 2.45) is 0 Å². The van der Waals surface area contributed by atoms with Gasteiger partial charge in [-0.05, 0) is 43.2 Å². The average Bonchev–Trinajstić information content (AvgIpc) is 3.23. The van der Waals surface area contributed by atoms with Gasteiger partial charge in [0, 0.05) is 35.4 Å². The first-order valence-corrected chi connectivity index (χ1v) is 9.41. The molecule has 1 aromatic heterocycles. The van der Waals surface area contributed by atoms with Gasteiger partial charge in [0.1, 0.15) is 0 Å². The number of nitrogens with one attached hydrogen (secondary N) is 2. The van der Waals surface area contributed by atoms with Crippen molar-refractivity contribution in [3.8, 4) is 0 Å². The van der Waals surface area contributed by atoms with Gasteiger partial charge in [-0.3, -0.25) is 9.59 Å². The molecule has 0 bridgehead atoms. The van der Waals surface area contributed by atoms with Crippen LogP contribution in [0.5, 0.6) is 0 Å². The van der Waals surface area contributed by atoms with Gasteiger partial charge in [0.2, 0.25) is 0 Å². The summed E-state index contributed by atoms with van der Waals surface area (Å²) in [5.74, 6) is 0.0587. The lowest BCUT2D eigenvalue weighted by Crippen LogP contribution is -2.42. The number of aromatic nitrogens is 1. The number of H-pyrrole nitrogens is 1. The number of fused-ring (bicyclic) bond motifs is 1. The lowest BCUT2D eigenvalue weighted by molar-refractivity contribution is -0.143. The fourth-order valence-electron chi connectivity index (χ4n) is 3.35. The molecule has 1 aliphatic rings. The van der Waals surface area contributed by atoms with Gasteiger partial charge >= 0.3 is 11.8 Å². The fourth-order valence-corrected chi connectivity index (χ4v) is 4.48. The Morgan fingerprint density at radius 3 is 2.96 bits per heavy atom. The third kappa shape index (κ3) is 3.43. The highest BCUT2D eigenvalue weighted by molar-refractivity contribution is 7.99. The zero-order chi connectivity index (χ0) is 17.1. The summed E-state index contributed by atoms with van der Waals surface area (Å²) in [7, 11) is 1.74. The minimum Gasteiger partial charge on any atom is -0.361 e. The number of thioether (sulfide) groups is 1. The Hall–Kier alpha value is -1.95. The summed E-state index contributed by atoms with van der Waals surface area (Å²) in [4.78, 5) is 29.5. The Morgan fingerprint density at radius 2 is 2.17 bits per heavy atom. The van der Waals surface area contributed by atoms with Crippen LogP contribution in [0.15, 0.2) is 30.5 Å². The number of anilines is 1. The summed E-state index contributed by atoms with van der Waals surface area (Å²) < 4.78 is 0. The van der Waals surface area contributed by atoms with Crippen LogP contribution in [-0.2, 0) is 9.59 Å². The second-order valence-corrected chi connectivity index (χ2v) is 7.74. The maximum Gasteiger partial charge on any atom is 0.313 e. The largest absolute Gasteiger partial charge is 0.361 e. The topological polar surface area (TPSA) is 65.2 Å². The van der Waals surface area contributed by atoms with E-state index in [4.69, 9.17) is 0 Å². The molecule has 5 nitrogen and oxygen atoms in total. The van der Waals surface area contributed by atoms with E-state index in [1.54, 1.807) is 11.9 Å². The molecule has 24 heavy (non-hydrogen) atoms. The van der Waals surface area contributed by atoms with Crippen molar-refractivity contribution < 1.29 is 9.59 Å². The van der Waals surface area contributed by atoms with E-state index in [0.29, 0.717) is 10.9 Å². The number of hydrogen-bond donors (Lipinski definition) is 2. The Labute approximate surface area is 146 Å². The fraction of sp³-hybridized carbons (Fsp3) is 0.444. The predicted octanol–water partition coefficient (Wildman–Crippen LogP) is 3.24. The van der Waals surface area contributed by atoms with Gasteiger partial charge in [0.25, 0.3) is 0 Å². The second kappa shape index (κ2) is 7.30. The highest BCUT2D eigenvalue weighted by atomic mass is 32.2. The number of rotatable bonds is 4. The highest BCUT2D eigenvalue weighted by Gasteiger charge is 2.32. The van der Waals surface area contributed by atoms with E-state index in [2.05, 4.69) is 17.2 Å². The van der Waals surface area contributed by atoms with Crippen LogP contribution in [0.1, 0.15) is 26.2 Å². The molecule has 0 aliphatic heterocycles. The summed E-state index contributed by atoms with van der Waals surface area (Å²) >= 11 is 1.94. The van der Waals surface area contributed by atoms with E-state index in [1.807, 2.05) is 42.2 Å². The van der Waals surface area contributed by atoms with Crippen LogP contribution in [0.4, 0.5) is 5.69 Å². The van der Waals surface area contributed by atoms with Gasteiger partial charge < -0.3 is 15.2 Å². The van der Waals surface area contributed by atoms with Crippen LogP contribution in [0.2, 0.25) is 0 Å². The lowest BCUT2D eigenvalue weighted by Gasteiger charge is -2.24. The van der Waals surface area contributed by atoms with Crippen LogP contribution in [0.3, 0.4) is 0 Å². The number of aromatic amines is 1. The average molecular weight is 345 g/mol. The van der Waals surface area contributed by atoms with Crippen LogP contribution in [0, 0.1) is 0 Å². The van der Waals surface area contributed by atoms with Crippen molar-refractivity contribution in [3.05, 3.63) is 30.5 Å². The SMILES string of the molecule is CCS[C@@H]1CC[C@H](N(C)C(=O)C(=O)Nc2cccc3[nH]ccc23)C1. The highest BCUT2D eigenvalue weighted by Crippen LogP contribution is 2.32. The lowest BCUT2D eigenvalue weighted by atomic mass is 10.2. The zero-order valence-corrected chi connectivity index (χ0v) is 14.9. The molecule has 0 radical (unpaired) electrons. The summed E-state index contributed by atoms with van der Waals surface area (Å²) in [5, 5.41) is 4.26. The number of carbonyl (C=O) groups is 2. The maximum atomic E-state index is 12.5. The second-order valence-electron chi connectivity index (χ2n) is 6.16. The molecule has 1 heterocycles. The first-order chi connectivity index (χ1) is 11.6. The quantitative estimate of drug-likeness (QED) is 0.836. The monoisotopic (exact) mass is 345 g/mol. The molecule has 0 unspecified atom stereocenters. The number of nitrogens with zero attached hydrogens (tertiary/aromatic N) is 1. The number of likely N-dealkylation sites (N-methyl/N-ethyl adjacent to an activating group) is 1. The van der Waals surface area contributed by atoms with Crippen molar-refractivity contribution in [1.29, 1.82) is 0 Å². The van der Waals surface area contributed by atoms with Crippen molar-refractivity contribution in [2.75, 3.05) is 18.1 Å². The number of benzene rings is 1. The van der Waals surface area contributed by atoms with Gasteiger partial charge in [0.05, 0.1) is 5.69 Å². The van der Waals surface area contributed by atoms with Gasteiger partial charge in [-0.2, -0.15) is 11.8 Å². The van der Waals surface area contributed by atoms with Crippen molar-refractivity contribution in [1.82, 2.24) is 9.88 Å². The van der Waals surface area contributed by atoms with Crippen molar-refractivity contribution in [2.45, 2.75) is 37.5 Å². The molecule has 1 aromatic carbocycles. The van der Waals surface area contributed by atoms with Crippen molar-refractivity contribution in [3.63, 3.8) is 0 Å². The van der Waals surface area contributed by atoms with Crippen LogP contribution in [0.25, 0.3) is 10.9 Å². The molecule has 2 atom stereocenters. The molecule has 1 saturated carbocycles. The summed E-state index contributed by atoms with van der Waals surface area (Å²) in [6.07, 6.45) is 4.88. The van der Waals surface area contributed by atoms with E-state index >= 15 is 0 Å². The third-order valence-corrected chi connectivity index (χ3v) is 5.90. The Bertz CT molecular complexity index is 743. The normalized spacial score (nSPS) is 20.2. The van der Waals surface area contributed by atoms with Gasteiger partial charge in [0.15, 0.2) is 0 Å². The van der Waals surface area contributed by atoms with E-state index in [-0.39, 0.29) is 6.04 Å². The zero-order valence-electron chi connectivity index (χ0n) is 14.0. The molecule has 2 amide bonds. The minimum absolute atomic E-state index is 0.162. The van der Waals surface area contributed by atoms with Gasteiger partial charge in [-0.25, -0.2) is 0 Å². The molecule has 6 heteroatoms. The molecular weight excluding hydrogens is 322 g/mol. The minimum atomic E-state index is -0.571. The number of carbonyl (C=O) groups excluding carboxylic acids is 2. The number of amides is 2. The first kappa shape index (κ1) is 16.9. The summed E-state index contributed by atoms with van der Waals surface area (Å²) in [6.45, 7) is 2.15. The molecular formula is C18H23N3O2S. The molecule has 128 valence electrons. The van der Waals surface area contributed by atoms with Gasteiger partial charge in [-0.1, -0.05) is 13.0 Å². The molecule has 0 saturated heterocycles. The molecule has 2 aromatic rings.